The van der Waals surface area contributed by atoms with Gasteiger partial charge in [0.1, 0.15) is 0 Å². The summed E-state index contributed by atoms with van der Waals surface area (Å²) in [6.07, 6.45) is 4.09. The quantitative estimate of drug-likeness (QED) is 0.711. The van der Waals surface area contributed by atoms with Gasteiger partial charge < -0.3 is 4.90 Å². The summed E-state index contributed by atoms with van der Waals surface area (Å²) in [5.41, 5.74) is 0.224. The number of thiol groups is 1. The van der Waals surface area contributed by atoms with E-state index in [4.69, 9.17) is 0 Å². The van der Waals surface area contributed by atoms with E-state index in [0.717, 1.165) is 44.5 Å². The van der Waals surface area contributed by atoms with Crippen molar-refractivity contribution >= 4 is 18.5 Å². The van der Waals surface area contributed by atoms with Crippen LogP contribution in [0.15, 0.2) is 0 Å². The molecule has 1 atom stereocenters. The molecule has 1 aliphatic rings. The second kappa shape index (κ2) is 5.95. The summed E-state index contributed by atoms with van der Waals surface area (Å²) < 4.78 is 0. The van der Waals surface area contributed by atoms with E-state index in [1.54, 1.807) is 0 Å². The van der Waals surface area contributed by atoms with Gasteiger partial charge in [0.15, 0.2) is 0 Å². The van der Waals surface area contributed by atoms with Crippen LogP contribution in [0.2, 0.25) is 0 Å². The number of hydrogen-bond donors (Lipinski definition) is 1. The summed E-state index contributed by atoms with van der Waals surface area (Å²) in [5.74, 6) is 1.80. The van der Waals surface area contributed by atoms with E-state index in [0.29, 0.717) is 11.8 Å². The third kappa shape index (κ3) is 2.93. The Morgan fingerprint density at radius 3 is 2.38 bits per heavy atom. The van der Waals surface area contributed by atoms with Crippen LogP contribution in [-0.2, 0) is 4.79 Å². The molecular weight excluding hydrogens is 218 g/mol. The van der Waals surface area contributed by atoms with Crippen LogP contribution in [0, 0.1) is 11.3 Å². The summed E-state index contributed by atoms with van der Waals surface area (Å²) >= 11 is 4.47. The van der Waals surface area contributed by atoms with E-state index in [9.17, 15) is 4.79 Å². The molecule has 0 saturated carbocycles. The van der Waals surface area contributed by atoms with Crippen LogP contribution in [-0.4, -0.2) is 29.6 Å². The molecule has 0 radical (unpaired) electrons. The third-order valence-electron chi connectivity index (χ3n) is 4.23. The molecule has 0 spiro atoms. The van der Waals surface area contributed by atoms with Crippen molar-refractivity contribution in [3.8, 4) is 0 Å². The average molecular weight is 243 g/mol. The second-order valence-corrected chi connectivity index (χ2v) is 5.43. The first kappa shape index (κ1) is 13.9. The highest BCUT2D eigenvalue weighted by molar-refractivity contribution is 7.80. The van der Waals surface area contributed by atoms with Gasteiger partial charge in [-0.1, -0.05) is 27.2 Å². The zero-order valence-corrected chi connectivity index (χ0v) is 11.7. The SMILES string of the molecule is CCC1CC(=O)N(CC(CC)(CC)CS)C1. The number of carbonyl (C=O) groups is 1. The Morgan fingerprint density at radius 2 is 2.00 bits per heavy atom. The van der Waals surface area contributed by atoms with Crippen LogP contribution in [0.3, 0.4) is 0 Å². The van der Waals surface area contributed by atoms with Crippen LogP contribution in [0.4, 0.5) is 0 Å². The van der Waals surface area contributed by atoms with E-state index in [1.165, 1.54) is 0 Å². The fourth-order valence-corrected chi connectivity index (χ4v) is 2.98. The van der Waals surface area contributed by atoms with Gasteiger partial charge in [-0.15, -0.1) is 0 Å². The summed E-state index contributed by atoms with van der Waals surface area (Å²) in [5, 5.41) is 0. The Balaban J connectivity index is 2.62. The molecule has 0 aliphatic carbocycles. The molecule has 1 fully saturated rings. The molecule has 94 valence electrons. The van der Waals surface area contributed by atoms with Crippen molar-refractivity contribution in [3.05, 3.63) is 0 Å². The van der Waals surface area contributed by atoms with Gasteiger partial charge in [-0.3, -0.25) is 4.79 Å². The highest BCUT2D eigenvalue weighted by atomic mass is 32.1. The van der Waals surface area contributed by atoms with Crippen LogP contribution >= 0.6 is 12.6 Å². The zero-order valence-electron chi connectivity index (χ0n) is 10.8. The average Bonchev–Trinajstić information content (AvgIpc) is 2.67. The summed E-state index contributed by atoms with van der Waals surface area (Å²) in [6, 6.07) is 0. The van der Waals surface area contributed by atoms with Crippen molar-refractivity contribution in [3.63, 3.8) is 0 Å². The van der Waals surface area contributed by atoms with Gasteiger partial charge in [-0.2, -0.15) is 12.6 Å². The Labute approximate surface area is 105 Å². The normalized spacial score (nSPS) is 21.9. The molecule has 1 heterocycles. The Hall–Kier alpha value is -0.180. The number of amides is 1. The van der Waals surface area contributed by atoms with Gasteiger partial charge in [-0.05, 0) is 29.9 Å². The number of carbonyl (C=O) groups excluding carboxylic acids is 1. The third-order valence-corrected chi connectivity index (χ3v) is 4.90. The van der Waals surface area contributed by atoms with E-state index in [-0.39, 0.29) is 5.41 Å². The maximum absolute atomic E-state index is 11.9. The van der Waals surface area contributed by atoms with Gasteiger partial charge in [0, 0.05) is 19.5 Å². The van der Waals surface area contributed by atoms with Crippen molar-refractivity contribution in [1.29, 1.82) is 0 Å². The predicted molar refractivity (Wildman–Crippen MR) is 71.8 cm³/mol. The minimum atomic E-state index is 0.224. The van der Waals surface area contributed by atoms with Crippen LogP contribution < -0.4 is 0 Å². The molecule has 1 amide bonds. The van der Waals surface area contributed by atoms with E-state index in [1.807, 2.05) is 0 Å². The largest absolute Gasteiger partial charge is 0.342 e. The molecule has 3 heteroatoms. The highest BCUT2D eigenvalue weighted by Crippen LogP contribution is 2.32. The molecular formula is C13H25NOS. The van der Waals surface area contributed by atoms with Crippen LogP contribution in [0.5, 0.6) is 0 Å². The van der Waals surface area contributed by atoms with Gasteiger partial charge in [0.05, 0.1) is 0 Å². The standard InChI is InChI=1S/C13H25NOS/c1-4-11-7-12(15)14(8-11)9-13(5-2,6-3)10-16/h11,16H,4-10H2,1-3H3. The molecule has 0 bridgehead atoms. The number of hydrogen-bond acceptors (Lipinski definition) is 2. The molecule has 0 N–H and O–H groups in total. The fraction of sp³-hybridized carbons (Fsp3) is 0.923. The molecule has 2 nitrogen and oxygen atoms in total. The first-order chi connectivity index (χ1) is 7.60. The Kier molecular flexibility index (Phi) is 5.16. The number of likely N-dealkylation sites (tertiary alicyclic amines) is 1. The van der Waals surface area contributed by atoms with Gasteiger partial charge in [0.25, 0.3) is 0 Å². The maximum Gasteiger partial charge on any atom is 0.222 e. The molecule has 0 aromatic heterocycles. The Bertz CT molecular complexity index is 230. The number of rotatable bonds is 6. The second-order valence-electron chi connectivity index (χ2n) is 5.12. The minimum Gasteiger partial charge on any atom is -0.342 e. The van der Waals surface area contributed by atoms with E-state index >= 15 is 0 Å². The molecule has 1 rings (SSSR count). The van der Waals surface area contributed by atoms with Gasteiger partial charge in [0.2, 0.25) is 5.91 Å². The predicted octanol–water partition coefficient (Wildman–Crippen LogP) is 2.98. The van der Waals surface area contributed by atoms with Crippen molar-refractivity contribution in [2.24, 2.45) is 11.3 Å². The van der Waals surface area contributed by atoms with Crippen molar-refractivity contribution in [2.45, 2.75) is 46.5 Å². The van der Waals surface area contributed by atoms with Gasteiger partial charge in [-0.25, -0.2) is 0 Å². The van der Waals surface area contributed by atoms with Crippen molar-refractivity contribution in [2.75, 3.05) is 18.8 Å². The molecule has 1 saturated heterocycles. The first-order valence-corrected chi connectivity index (χ1v) is 7.12. The lowest BCUT2D eigenvalue weighted by Gasteiger charge is -2.34. The first-order valence-electron chi connectivity index (χ1n) is 6.49. The molecule has 0 aromatic carbocycles. The summed E-state index contributed by atoms with van der Waals surface area (Å²) in [6.45, 7) is 8.45. The van der Waals surface area contributed by atoms with Gasteiger partial charge >= 0.3 is 0 Å². The lowest BCUT2D eigenvalue weighted by molar-refractivity contribution is -0.129. The molecule has 16 heavy (non-hydrogen) atoms. The van der Waals surface area contributed by atoms with Crippen molar-refractivity contribution in [1.82, 2.24) is 4.90 Å². The van der Waals surface area contributed by atoms with Crippen molar-refractivity contribution < 1.29 is 4.79 Å². The highest BCUT2D eigenvalue weighted by Gasteiger charge is 2.34. The lowest BCUT2D eigenvalue weighted by Crippen LogP contribution is -2.39. The minimum absolute atomic E-state index is 0.224. The summed E-state index contributed by atoms with van der Waals surface area (Å²) in [4.78, 5) is 13.9. The Morgan fingerprint density at radius 1 is 1.38 bits per heavy atom. The smallest absolute Gasteiger partial charge is 0.222 e. The van der Waals surface area contributed by atoms with E-state index in [2.05, 4.69) is 38.3 Å². The molecule has 0 aromatic rings. The lowest BCUT2D eigenvalue weighted by atomic mass is 9.84. The summed E-state index contributed by atoms with van der Waals surface area (Å²) in [7, 11) is 0. The maximum atomic E-state index is 11.9. The molecule has 1 aliphatic heterocycles. The monoisotopic (exact) mass is 243 g/mol. The van der Waals surface area contributed by atoms with E-state index < -0.39 is 0 Å². The zero-order chi connectivity index (χ0) is 12.2. The topological polar surface area (TPSA) is 20.3 Å². The van der Waals surface area contributed by atoms with Crippen LogP contribution in [0.1, 0.15) is 46.5 Å². The number of nitrogens with zero attached hydrogens (tertiary/aromatic N) is 1. The molecule has 1 unspecified atom stereocenters. The van der Waals surface area contributed by atoms with Crippen LogP contribution in [0.25, 0.3) is 0 Å². The fourth-order valence-electron chi connectivity index (χ4n) is 2.43.